The highest BCUT2D eigenvalue weighted by molar-refractivity contribution is 5.75. The van der Waals surface area contributed by atoms with Crippen molar-refractivity contribution in [2.75, 3.05) is 13.1 Å². The molecule has 24 heavy (non-hydrogen) atoms. The molecule has 0 aliphatic rings. The van der Waals surface area contributed by atoms with E-state index in [-0.39, 0.29) is 25.7 Å². The summed E-state index contributed by atoms with van der Waals surface area (Å²) in [5.74, 6) is -4.39. The first kappa shape index (κ1) is 26.6. The summed E-state index contributed by atoms with van der Waals surface area (Å²) in [6, 6.07) is -2.12. The van der Waals surface area contributed by atoms with Gasteiger partial charge in [-0.25, -0.2) is 0 Å². The summed E-state index contributed by atoms with van der Waals surface area (Å²) >= 11 is 0. The van der Waals surface area contributed by atoms with Gasteiger partial charge in [0.15, 0.2) is 0 Å². The van der Waals surface area contributed by atoms with Crippen molar-refractivity contribution in [1.29, 1.82) is 0 Å². The van der Waals surface area contributed by atoms with E-state index in [1.54, 1.807) is 0 Å². The average molecular weight is 354 g/mol. The van der Waals surface area contributed by atoms with Gasteiger partial charge >= 0.3 is 23.9 Å². The van der Waals surface area contributed by atoms with Crippen LogP contribution in [-0.2, 0) is 19.2 Å². The number of carboxylic acids is 4. The first-order valence-electron chi connectivity index (χ1n) is 6.80. The average Bonchev–Trinajstić information content (AvgIpc) is 2.50. The third kappa shape index (κ3) is 24.7. The first-order chi connectivity index (χ1) is 11.0. The quantitative estimate of drug-likeness (QED) is 0.212. The van der Waals surface area contributed by atoms with Gasteiger partial charge in [-0.2, -0.15) is 0 Å². The Kier molecular flexibility index (Phi) is 18.9. The molecule has 0 aliphatic heterocycles. The Morgan fingerprint density at radius 3 is 1.04 bits per heavy atom. The van der Waals surface area contributed by atoms with Crippen LogP contribution in [0.3, 0.4) is 0 Å². The number of rotatable bonds is 9. The van der Waals surface area contributed by atoms with Crippen LogP contribution in [0.4, 0.5) is 0 Å². The number of nitrogens with two attached hydrogens (primary N) is 4. The molecular formula is C12H26N4O8. The second-order valence-electron chi connectivity index (χ2n) is 4.33. The minimum Gasteiger partial charge on any atom is -0.481 e. The monoisotopic (exact) mass is 354 g/mol. The van der Waals surface area contributed by atoms with Crippen molar-refractivity contribution in [2.45, 2.75) is 37.8 Å². The summed E-state index contributed by atoms with van der Waals surface area (Å²) in [6.45, 7) is 1.19. The predicted octanol–water partition coefficient (Wildman–Crippen LogP) is -2.57. The summed E-state index contributed by atoms with van der Waals surface area (Å²) in [6.07, 6.45) is -0.448. The highest BCUT2D eigenvalue weighted by Gasteiger charge is 2.12. The molecule has 12 nitrogen and oxygen atoms in total. The maximum Gasteiger partial charge on any atom is 0.320 e. The standard InChI is InChI=1S/2C5H9NO4.C2H8N2/c2*6-3(5(9)10)1-2-4(7)8;3-1-2-4/h2*3H,1-2,6H2,(H,7,8)(H,9,10);1-4H2/t2*3-;/m00./s1. The molecule has 0 spiro atoms. The van der Waals surface area contributed by atoms with Crippen LogP contribution in [0, 0.1) is 0 Å². The van der Waals surface area contributed by atoms with E-state index < -0.39 is 36.0 Å². The fourth-order valence-electron chi connectivity index (χ4n) is 0.805. The summed E-state index contributed by atoms with van der Waals surface area (Å²) in [5, 5.41) is 32.5. The van der Waals surface area contributed by atoms with Crippen LogP contribution in [0.15, 0.2) is 0 Å². The van der Waals surface area contributed by atoms with E-state index in [1.807, 2.05) is 0 Å². The van der Waals surface area contributed by atoms with E-state index in [2.05, 4.69) is 0 Å². The first-order valence-corrected chi connectivity index (χ1v) is 6.80. The third-order valence-corrected chi connectivity index (χ3v) is 2.14. The molecule has 12 N–H and O–H groups in total. The van der Waals surface area contributed by atoms with Crippen LogP contribution in [0.5, 0.6) is 0 Å². The molecule has 0 unspecified atom stereocenters. The van der Waals surface area contributed by atoms with Crippen molar-refractivity contribution < 1.29 is 39.6 Å². The lowest BCUT2D eigenvalue weighted by Gasteiger charge is -2.01. The Morgan fingerprint density at radius 1 is 0.667 bits per heavy atom. The Hall–Kier alpha value is -2.28. The lowest BCUT2D eigenvalue weighted by molar-refractivity contribution is -0.141. The molecule has 0 aromatic carbocycles. The van der Waals surface area contributed by atoms with Crippen molar-refractivity contribution in [2.24, 2.45) is 22.9 Å². The van der Waals surface area contributed by atoms with Crippen LogP contribution >= 0.6 is 0 Å². The Balaban J connectivity index is -0.000000301. The number of hydrogen-bond donors (Lipinski definition) is 8. The molecule has 2 atom stereocenters. The zero-order valence-electron chi connectivity index (χ0n) is 13.1. The minimum atomic E-state index is -1.17. The molecule has 0 radical (unpaired) electrons. The second kappa shape index (κ2) is 17.1. The van der Waals surface area contributed by atoms with Gasteiger partial charge in [-0.05, 0) is 12.8 Å². The lowest BCUT2D eigenvalue weighted by atomic mass is 10.2. The largest absolute Gasteiger partial charge is 0.481 e. The number of aliphatic carboxylic acids is 4. The molecule has 0 aliphatic carbocycles. The molecule has 12 heteroatoms. The molecular weight excluding hydrogens is 328 g/mol. The van der Waals surface area contributed by atoms with Gasteiger partial charge in [0, 0.05) is 25.9 Å². The van der Waals surface area contributed by atoms with Crippen LogP contribution in [0.25, 0.3) is 0 Å². The van der Waals surface area contributed by atoms with E-state index in [9.17, 15) is 19.2 Å². The lowest BCUT2D eigenvalue weighted by Crippen LogP contribution is -2.30. The predicted molar refractivity (Wildman–Crippen MR) is 83.1 cm³/mol. The highest BCUT2D eigenvalue weighted by atomic mass is 16.4. The second-order valence-corrected chi connectivity index (χ2v) is 4.33. The van der Waals surface area contributed by atoms with Crippen LogP contribution in [-0.4, -0.2) is 69.5 Å². The van der Waals surface area contributed by atoms with Crippen LogP contribution in [0.2, 0.25) is 0 Å². The number of carbonyl (C=O) groups is 4. The summed E-state index contributed by atoms with van der Waals surface area (Å²) < 4.78 is 0. The van der Waals surface area contributed by atoms with Gasteiger partial charge in [-0.15, -0.1) is 0 Å². The fraction of sp³-hybridized carbons (Fsp3) is 0.667. The van der Waals surface area contributed by atoms with Gasteiger partial charge in [0.2, 0.25) is 0 Å². The molecule has 0 amide bonds. The molecule has 0 aromatic rings. The molecule has 142 valence electrons. The molecule has 0 aromatic heterocycles. The number of hydrogen-bond acceptors (Lipinski definition) is 8. The van der Waals surface area contributed by atoms with E-state index in [0.717, 1.165) is 0 Å². The van der Waals surface area contributed by atoms with Gasteiger partial charge in [-0.3, -0.25) is 19.2 Å². The zero-order valence-corrected chi connectivity index (χ0v) is 13.1. The van der Waals surface area contributed by atoms with Crippen molar-refractivity contribution >= 4 is 23.9 Å². The summed E-state index contributed by atoms with van der Waals surface area (Å²) in [4.78, 5) is 39.7. The Morgan fingerprint density at radius 2 is 0.917 bits per heavy atom. The van der Waals surface area contributed by atoms with E-state index in [4.69, 9.17) is 43.4 Å². The van der Waals surface area contributed by atoms with Crippen molar-refractivity contribution in [3.05, 3.63) is 0 Å². The summed E-state index contributed by atoms with van der Waals surface area (Å²) in [5.41, 5.74) is 19.8. The van der Waals surface area contributed by atoms with Gasteiger partial charge in [0.05, 0.1) is 0 Å². The number of carboxylic acid groups (broad SMARTS) is 4. The van der Waals surface area contributed by atoms with E-state index in [1.165, 1.54) is 0 Å². The zero-order chi connectivity index (χ0) is 19.7. The van der Waals surface area contributed by atoms with Gasteiger partial charge in [0.1, 0.15) is 12.1 Å². The molecule has 0 rings (SSSR count). The SMILES string of the molecule is NCCN.N[C@@H](CCC(=O)O)C(=O)O.N[C@@H](CCC(=O)O)C(=O)O. The van der Waals surface area contributed by atoms with Crippen molar-refractivity contribution in [3.63, 3.8) is 0 Å². The molecule has 0 heterocycles. The smallest absolute Gasteiger partial charge is 0.320 e. The molecule has 0 bridgehead atoms. The highest BCUT2D eigenvalue weighted by Crippen LogP contribution is 1.94. The molecule has 0 fully saturated rings. The van der Waals surface area contributed by atoms with Crippen LogP contribution < -0.4 is 22.9 Å². The normalized spacial score (nSPS) is 11.7. The maximum absolute atomic E-state index is 9.99. The van der Waals surface area contributed by atoms with Gasteiger partial charge < -0.3 is 43.4 Å². The summed E-state index contributed by atoms with van der Waals surface area (Å²) in [7, 11) is 0. The Labute approximate surface area is 138 Å². The molecule has 0 saturated carbocycles. The van der Waals surface area contributed by atoms with E-state index >= 15 is 0 Å². The van der Waals surface area contributed by atoms with Crippen LogP contribution in [0.1, 0.15) is 25.7 Å². The van der Waals surface area contributed by atoms with E-state index in [0.29, 0.717) is 13.1 Å². The topological polar surface area (TPSA) is 253 Å². The van der Waals surface area contributed by atoms with Crippen molar-refractivity contribution in [1.82, 2.24) is 0 Å². The minimum absolute atomic E-state index is 0.0231. The Bertz CT molecular complexity index is 355. The van der Waals surface area contributed by atoms with Gasteiger partial charge in [0.25, 0.3) is 0 Å². The maximum atomic E-state index is 9.99. The van der Waals surface area contributed by atoms with Crippen molar-refractivity contribution in [3.8, 4) is 0 Å². The molecule has 0 saturated heterocycles. The fourth-order valence-corrected chi connectivity index (χ4v) is 0.805. The van der Waals surface area contributed by atoms with Gasteiger partial charge in [-0.1, -0.05) is 0 Å². The third-order valence-electron chi connectivity index (χ3n) is 2.14.